The summed E-state index contributed by atoms with van der Waals surface area (Å²) < 4.78 is 5.39. The van der Waals surface area contributed by atoms with Gasteiger partial charge in [-0.05, 0) is 44.0 Å². The molecule has 21 heavy (non-hydrogen) atoms. The van der Waals surface area contributed by atoms with Gasteiger partial charge in [0.1, 0.15) is 5.75 Å². The molecule has 0 bridgehead atoms. The number of hydrogen-bond donors (Lipinski definition) is 2. The normalized spacial score (nSPS) is 21.2. The number of carbonyl (C=O) groups excluding carboxylic acids is 1. The summed E-state index contributed by atoms with van der Waals surface area (Å²) in [5.74, 6) is 1.52. The Labute approximate surface area is 130 Å². The molecule has 2 atom stereocenters. The molecular weight excluding hydrogens is 286 g/mol. The van der Waals surface area contributed by atoms with Gasteiger partial charge in [-0.1, -0.05) is 6.42 Å². The average Bonchev–Trinajstić information content (AvgIpc) is 2.94. The van der Waals surface area contributed by atoms with Gasteiger partial charge in [0.15, 0.2) is 0 Å². The Morgan fingerprint density at radius 3 is 2.81 bits per heavy atom. The summed E-state index contributed by atoms with van der Waals surface area (Å²) in [6.45, 7) is 2.77. The summed E-state index contributed by atoms with van der Waals surface area (Å²) in [5.41, 5.74) is 0. The number of aliphatic hydroxyl groups is 1. The summed E-state index contributed by atoms with van der Waals surface area (Å²) in [6.07, 6.45) is 3.07. The number of carbonyl (C=O) groups is 1. The zero-order chi connectivity index (χ0) is 15.1. The van der Waals surface area contributed by atoms with Crippen molar-refractivity contribution in [3.8, 4) is 5.75 Å². The second kappa shape index (κ2) is 8.29. The predicted molar refractivity (Wildman–Crippen MR) is 84.7 cm³/mol. The van der Waals surface area contributed by atoms with Crippen LogP contribution in [0.15, 0.2) is 29.2 Å². The van der Waals surface area contributed by atoms with Crippen LogP contribution >= 0.6 is 11.8 Å². The maximum Gasteiger partial charge on any atom is 0.230 e. The minimum atomic E-state index is 0.0410. The maximum absolute atomic E-state index is 12.0. The van der Waals surface area contributed by atoms with Crippen LogP contribution in [0.2, 0.25) is 0 Å². The van der Waals surface area contributed by atoms with Crippen molar-refractivity contribution in [2.24, 2.45) is 5.92 Å². The molecule has 1 aromatic rings. The van der Waals surface area contributed by atoms with Gasteiger partial charge in [0, 0.05) is 23.5 Å². The molecule has 0 radical (unpaired) electrons. The predicted octanol–water partition coefficient (Wildman–Crippen LogP) is 2.45. The van der Waals surface area contributed by atoms with Crippen molar-refractivity contribution in [1.29, 1.82) is 0 Å². The van der Waals surface area contributed by atoms with E-state index in [4.69, 9.17) is 4.74 Å². The Bertz CT molecular complexity index is 449. The van der Waals surface area contributed by atoms with Gasteiger partial charge in [-0.2, -0.15) is 0 Å². The number of benzene rings is 1. The van der Waals surface area contributed by atoms with E-state index < -0.39 is 0 Å². The minimum absolute atomic E-state index is 0.0410. The van der Waals surface area contributed by atoms with Crippen LogP contribution in [0, 0.1) is 5.92 Å². The molecule has 0 heterocycles. The highest BCUT2D eigenvalue weighted by Crippen LogP contribution is 2.26. The summed E-state index contributed by atoms with van der Waals surface area (Å²) in [7, 11) is 0. The average molecular weight is 309 g/mol. The molecule has 0 aliphatic heterocycles. The van der Waals surface area contributed by atoms with Crippen molar-refractivity contribution in [1.82, 2.24) is 5.32 Å². The third-order valence-electron chi connectivity index (χ3n) is 3.74. The highest BCUT2D eigenvalue weighted by molar-refractivity contribution is 8.00. The van der Waals surface area contributed by atoms with Crippen molar-refractivity contribution < 1.29 is 14.6 Å². The SMILES string of the molecule is CCOc1ccc(SCC(=O)NC2CCCC2CO)cc1. The number of hydrogen-bond acceptors (Lipinski definition) is 4. The molecule has 116 valence electrons. The lowest BCUT2D eigenvalue weighted by Gasteiger charge is -2.18. The monoisotopic (exact) mass is 309 g/mol. The molecule has 1 fully saturated rings. The first-order chi connectivity index (χ1) is 10.2. The Balaban J connectivity index is 1.75. The molecule has 0 aromatic heterocycles. The molecule has 1 aliphatic rings. The van der Waals surface area contributed by atoms with Crippen LogP contribution < -0.4 is 10.1 Å². The van der Waals surface area contributed by atoms with E-state index >= 15 is 0 Å². The van der Waals surface area contributed by atoms with Crippen LogP contribution in [-0.4, -0.2) is 36.0 Å². The van der Waals surface area contributed by atoms with E-state index in [9.17, 15) is 9.90 Å². The highest BCUT2D eigenvalue weighted by atomic mass is 32.2. The lowest BCUT2D eigenvalue weighted by Crippen LogP contribution is -2.39. The van der Waals surface area contributed by atoms with Gasteiger partial charge in [-0.15, -0.1) is 11.8 Å². The van der Waals surface area contributed by atoms with Crippen LogP contribution in [-0.2, 0) is 4.79 Å². The smallest absolute Gasteiger partial charge is 0.230 e. The van der Waals surface area contributed by atoms with E-state index in [0.29, 0.717) is 12.4 Å². The molecule has 2 unspecified atom stereocenters. The van der Waals surface area contributed by atoms with E-state index in [1.165, 1.54) is 11.8 Å². The minimum Gasteiger partial charge on any atom is -0.494 e. The fourth-order valence-electron chi connectivity index (χ4n) is 2.64. The molecular formula is C16H23NO3S. The maximum atomic E-state index is 12.0. The molecule has 1 amide bonds. The Morgan fingerprint density at radius 2 is 2.14 bits per heavy atom. The standard InChI is InChI=1S/C16H23NO3S/c1-2-20-13-6-8-14(9-7-13)21-11-16(19)17-15-5-3-4-12(15)10-18/h6-9,12,15,18H,2-5,10-11H2,1H3,(H,17,19). The topological polar surface area (TPSA) is 58.6 Å². The molecule has 0 saturated heterocycles. The quantitative estimate of drug-likeness (QED) is 0.760. The molecule has 5 heteroatoms. The molecule has 1 saturated carbocycles. The van der Waals surface area contributed by atoms with Gasteiger partial charge in [0.2, 0.25) is 5.91 Å². The van der Waals surface area contributed by atoms with Crippen molar-refractivity contribution in [3.05, 3.63) is 24.3 Å². The molecule has 1 aliphatic carbocycles. The van der Waals surface area contributed by atoms with Crippen LogP contribution in [0.25, 0.3) is 0 Å². The van der Waals surface area contributed by atoms with Gasteiger partial charge < -0.3 is 15.2 Å². The first-order valence-corrected chi connectivity index (χ1v) is 8.47. The second-order valence-corrected chi connectivity index (χ2v) is 6.29. The fourth-order valence-corrected chi connectivity index (χ4v) is 3.35. The van der Waals surface area contributed by atoms with E-state index in [0.717, 1.165) is 29.9 Å². The van der Waals surface area contributed by atoms with E-state index in [2.05, 4.69) is 5.32 Å². The number of ether oxygens (including phenoxy) is 1. The molecule has 2 rings (SSSR count). The lowest BCUT2D eigenvalue weighted by molar-refractivity contribution is -0.119. The molecule has 2 N–H and O–H groups in total. The van der Waals surface area contributed by atoms with Crippen LogP contribution in [0.1, 0.15) is 26.2 Å². The number of nitrogens with one attached hydrogen (secondary N) is 1. The summed E-state index contributed by atoms with van der Waals surface area (Å²) >= 11 is 1.52. The number of thioether (sulfide) groups is 1. The van der Waals surface area contributed by atoms with Crippen LogP contribution in [0.5, 0.6) is 5.75 Å². The van der Waals surface area contributed by atoms with Crippen molar-refractivity contribution in [3.63, 3.8) is 0 Å². The molecule has 1 aromatic carbocycles. The molecule has 0 spiro atoms. The Kier molecular flexibility index (Phi) is 6.39. The van der Waals surface area contributed by atoms with E-state index in [1.807, 2.05) is 31.2 Å². The largest absolute Gasteiger partial charge is 0.494 e. The third-order valence-corrected chi connectivity index (χ3v) is 4.76. The summed E-state index contributed by atoms with van der Waals surface area (Å²) in [5, 5.41) is 12.3. The van der Waals surface area contributed by atoms with Crippen molar-refractivity contribution >= 4 is 17.7 Å². The van der Waals surface area contributed by atoms with Crippen molar-refractivity contribution in [2.45, 2.75) is 37.1 Å². The van der Waals surface area contributed by atoms with Gasteiger partial charge in [-0.25, -0.2) is 0 Å². The summed E-state index contributed by atoms with van der Waals surface area (Å²) in [6, 6.07) is 7.91. The third kappa shape index (κ3) is 4.93. The van der Waals surface area contributed by atoms with Crippen LogP contribution in [0.3, 0.4) is 0 Å². The number of rotatable bonds is 7. The highest BCUT2D eigenvalue weighted by Gasteiger charge is 2.27. The first-order valence-electron chi connectivity index (χ1n) is 7.48. The van der Waals surface area contributed by atoms with Gasteiger partial charge in [0.05, 0.1) is 12.4 Å². The number of amides is 1. The van der Waals surface area contributed by atoms with E-state index in [1.54, 1.807) is 0 Å². The number of aliphatic hydroxyl groups excluding tert-OH is 1. The zero-order valence-electron chi connectivity index (χ0n) is 12.4. The van der Waals surface area contributed by atoms with Gasteiger partial charge in [-0.3, -0.25) is 4.79 Å². The first kappa shape index (κ1) is 16.2. The summed E-state index contributed by atoms with van der Waals surface area (Å²) in [4.78, 5) is 13.0. The fraction of sp³-hybridized carbons (Fsp3) is 0.562. The zero-order valence-corrected chi connectivity index (χ0v) is 13.2. The van der Waals surface area contributed by atoms with Gasteiger partial charge in [0.25, 0.3) is 0 Å². The second-order valence-electron chi connectivity index (χ2n) is 5.24. The Morgan fingerprint density at radius 1 is 1.38 bits per heavy atom. The van der Waals surface area contributed by atoms with E-state index in [-0.39, 0.29) is 24.5 Å². The lowest BCUT2D eigenvalue weighted by atomic mass is 10.1. The Hall–Kier alpha value is -1.20. The van der Waals surface area contributed by atoms with Gasteiger partial charge >= 0.3 is 0 Å². The van der Waals surface area contributed by atoms with Crippen molar-refractivity contribution in [2.75, 3.05) is 19.0 Å². The van der Waals surface area contributed by atoms with Crippen LogP contribution in [0.4, 0.5) is 0 Å². The molecule has 4 nitrogen and oxygen atoms in total.